The largest absolute Gasteiger partial charge is 0.493 e. The van der Waals surface area contributed by atoms with E-state index in [1.54, 1.807) is 12.1 Å². The van der Waals surface area contributed by atoms with Crippen LogP contribution in [0, 0.1) is 0 Å². The van der Waals surface area contributed by atoms with Crippen LogP contribution in [-0.4, -0.2) is 24.3 Å². The maximum atomic E-state index is 10.8. The first kappa shape index (κ1) is 14.0. The Kier molecular flexibility index (Phi) is 4.17. The second-order valence-electron chi connectivity index (χ2n) is 4.55. The molecule has 0 heterocycles. The SMILES string of the molecule is COc1cc(Cl)cc(C(N)CC(=O)O)c1OC1CC1. The summed E-state index contributed by atoms with van der Waals surface area (Å²) in [7, 11) is 1.51. The van der Waals surface area contributed by atoms with Crippen LogP contribution in [0.1, 0.15) is 30.9 Å². The van der Waals surface area contributed by atoms with E-state index in [0.717, 1.165) is 12.8 Å². The summed E-state index contributed by atoms with van der Waals surface area (Å²) in [6.07, 6.45) is 1.94. The Morgan fingerprint density at radius 2 is 2.26 bits per heavy atom. The van der Waals surface area contributed by atoms with Crippen molar-refractivity contribution < 1.29 is 19.4 Å². The predicted octanol–water partition coefficient (Wildman–Crippen LogP) is 2.36. The first-order valence-electron chi connectivity index (χ1n) is 6.02. The Bertz CT molecular complexity index is 488. The van der Waals surface area contributed by atoms with Crippen molar-refractivity contribution in [3.8, 4) is 11.5 Å². The number of hydrogen-bond acceptors (Lipinski definition) is 4. The minimum absolute atomic E-state index is 0.158. The molecule has 1 aromatic rings. The number of carbonyl (C=O) groups is 1. The second-order valence-corrected chi connectivity index (χ2v) is 4.98. The topological polar surface area (TPSA) is 81.8 Å². The minimum atomic E-state index is -0.969. The van der Waals surface area contributed by atoms with Gasteiger partial charge in [-0.1, -0.05) is 11.6 Å². The molecule has 0 radical (unpaired) electrons. The van der Waals surface area contributed by atoms with Crippen LogP contribution in [-0.2, 0) is 4.79 Å². The van der Waals surface area contributed by atoms with Gasteiger partial charge in [-0.2, -0.15) is 0 Å². The van der Waals surface area contributed by atoms with Crippen LogP contribution in [0.3, 0.4) is 0 Å². The van der Waals surface area contributed by atoms with Crippen LogP contribution in [0.25, 0.3) is 0 Å². The lowest BCUT2D eigenvalue weighted by atomic mass is 10.0. The van der Waals surface area contributed by atoms with Gasteiger partial charge in [-0.15, -0.1) is 0 Å². The van der Waals surface area contributed by atoms with Crippen LogP contribution < -0.4 is 15.2 Å². The summed E-state index contributed by atoms with van der Waals surface area (Å²) in [5.74, 6) is 0.0159. The highest BCUT2D eigenvalue weighted by Crippen LogP contribution is 2.41. The third kappa shape index (κ3) is 3.52. The van der Waals surface area contributed by atoms with Gasteiger partial charge in [-0.05, 0) is 18.9 Å². The maximum Gasteiger partial charge on any atom is 0.305 e. The summed E-state index contributed by atoms with van der Waals surface area (Å²) in [5, 5.41) is 9.28. The first-order valence-corrected chi connectivity index (χ1v) is 6.40. The fraction of sp³-hybridized carbons (Fsp3) is 0.462. The molecular weight excluding hydrogens is 270 g/mol. The van der Waals surface area contributed by atoms with Crippen molar-refractivity contribution in [1.82, 2.24) is 0 Å². The van der Waals surface area contributed by atoms with Gasteiger partial charge in [0.25, 0.3) is 0 Å². The molecule has 0 aliphatic heterocycles. The van der Waals surface area contributed by atoms with E-state index in [1.165, 1.54) is 7.11 Å². The average molecular weight is 286 g/mol. The van der Waals surface area contributed by atoms with E-state index in [-0.39, 0.29) is 12.5 Å². The summed E-state index contributed by atoms with van der Waals surface area (Å²) in [6, 6.07) is 2.59. The van der Waals surface area contributed by atoms with Crippen LogP contribution in [0.2, 0.25) is 5.02 Å². The molecule has 0 saturated heterocycles. The Balaban J connectivity index is 2.36. The molecule has 3 N–H and O–H groups in total. The third-order valence-corrected chi connectivity index (χ3v) is 3.09. The van der Waals surface area contributed by atoms with Crippen LogP contribution in [0.4, 0.5) is 0 Å². The Hall–Kier alpha value is -1.46. The molecule has 5 nitrogen and oxygen atoms in total. The standard InChI is InChI=1S/C13H16ClNO4/c1-18-11-5-7(14)4-9(10(15)6-12(16)17)13(11)19-8-2-3-8/h4-5,8,10H,2-3,6,15H2,1H3,(H,16,17). The lowest BCUT2D eigenvalue weighted by molar-refractivity contribution is -0.137. The molecule has 1 aliphatic rings. The van der Waals surface area contributed by atoms with Gasteiger partial charge < -0.3 is 20.3 Å². The highest BCUT2D eigenvalue weighted by atomic mass is 35.5. The van der Waals surface area contributed by atoms with Gasteiger partial charge >= 0.3 is 5.97 Å². The van der Waals surface area contributed by atoms with E-state index >= 15 is 0 Å². The number of ether oxygens (including phenoxy) is 2. The van der Waals surface area contributed by atoms with Crippen molar-refractivity contribution in [2.45, 2.75) is 31.4 Å². The number of nitrogens with two attached hydrogens (primary N) is 1. The Morgan fingerprint density at radius 1 is 1.58 bits per heavy atom. The normalized spacial score (nSPS) is 15.9. The monoisotopic (exact) mass is 285 g/mol. The molecule has 2 rings (SSSR count). The zero-order valence-electron chi connectivity index (χ0n) is 10.6. The van der Waals surface area contributed by atoms with Crippen LogP contribution >= 0.6 is 11.6 Å². The molecular formula is C13H16ClNO4. The van der Waals surface area contributed by atoms with E-state index in [0.29, 0.717) is 22.1 Å². The fourth-order valence-corrected chi connectivity index (χ4v) is 2.01. The summed E-state index contributed by atoms with van der Waals surface area (Å²) in [5.41, 5.74) is 6.48. The first-order chi connectivity index (χ1) is 9.01. The Morgan fingerprint density at radius 3 is 2.79 bits per heavy atom. The van der Waals surface area contributed by atoms with Gasteiger partial charge in [0.2, 0.25) is 0 Å². The molecule has 19 heavy (non-hydrogen) atoms. The summed E-state index contributed by atoms with van der Waals surface area (Å²) < 4.78 is 11.0. The van der Waals surface area contributed by atoms with E-state index in [9.17, 15) is 4.79 Å². The number of aliphatic carboxylic acids is 1. The molecule has 0 amide bonds. The van der Waals surface area contributed by atoms with Gasteiger partial charge in [0.15, 0.2) is 11.5 Å². The zero-order chi connectivity index (χ0) is 14.0. The minimum Gasteiger partial charge on any atom is -0.493 e. The van der Waals surface area contributed by atoms with Gasteiger partial charge in [0.05, 0.1) is 19.6 Å². The van der Waals surface area contributed by atoms with Crippen LogP contribution in [0.5, 0.6) is 11.5 Å². The molecule has 1 aromatic carbocycles. The molecule has 0 aromatic heterocycles. The molecule has 1 saturated carbocycles. The van der Waals surface area contributed by atoms with Gasteiger partial charge in [-0.3, -0.25) is 4.79 Å². The number of benzene rings is 1. The molecule has 0 spiro atoms. The van der Waals surface area contributed by atoms with Gasteiger partial charge in [0, 0.05) is 22.7 Å². The third-order valence-electron chi connectivity index (χ3n) is 2.87. The van der Waals surface area contributed by atoms with E-state index < -0.39 is 12.0 Å². The number of hydrogen-bond donors (Lipinski definition) is 2. The van der Waals surface area contributed by atoms with E-state index in [1.807, 2.05) is 0 Å². The van der Waals surface area contributed by atoms with Gasteiger partial charge in [-0.25, -0.2) is 0 Å². The van der Waals surface area contributed by atoms with Crippen molar-refractivity contribution in [2.75, 3.05) is 7.11 Å². The molecule has 1 atom stereocenters. The number of halogens is 1. The highest BCUT2D eigenvalue weighted by molar-refractivity contribution is 6.30. The molecule has 0 bridgehead atoms. The van der Waals surface area contributed by atoms with Crippen molar-refractivity contribution in [2.24, 2.45) is 5.73 Å². The molecule has 1 fully saturated rings. The van der Waals surface area contributed by atoms with E-state index in [4.69, 9.17) is 31.9 Å². The number of carboxylic acid groups (broad SMARTS) is 1. The zero-order valence-corrected chi connectivity index (χ0v) is 11.3. The Labute approximate surface area is 116 Å². The number of methoxy groups -OCH3 is 1. The smallest absolute Gasteiger partial charge is 0.305 e. The molecule has 1 unspecified atom stereocenters. The molecule has 6 heteroatoms. The number of carboxylic acids is 1. The fourth-order valence-electron chi connectivity index (χ4n) is 1.79. The molecule has 1 aliphatic carbocycles. The van der Waals surface area contributed by atoms with E-state index in [2.05, 4.69) is 0 Å². The molecule has 104 valence electrons. The second kappa shape index (κ2) is 5.67. The van der Waals surface area contributed by atoms with Crippen molar-refractivity contribution >= 4 is 17.6 Å². The van der Waals surface area contributed by atoms with Crippen molar-refractivity contribution in [3.05, 3.63) is 22.7 Å². The lowest BCUT2D eigenvalue weighted by Gasteiger charge is -2.19. The maximum absolute atomic E-state index is 10.8. The van der Waals surface area contributed by atoms with Crippen LogP contribution in [0.15, 0.2) is 12.1 Å². The summed E-state index contributed by atoms with van der Waals surface area (Å²) in [4.78, 5) is 10.8. The lowest BCUT2D eigenvalue weighted by Crippen LogP contribution is -2.17. The number of rotatable bonds is 6. The summed E-state index contributed by atoms with van der Waals surface area (Å²) >= 11 is 6.00. The predicted molar refractivity (Wildman–Crippen MR) is 70.8 cm³/mol. The van der Waals surface area contributed by atoms with Crippen molar-refractivity contribution in [1.29, 1.82) is 0 Å². The quantitative estimate of drug-likeness (QED) is 0.838. The van der Waals surface area contributed by atoms with Crippen molar-refractivity contribution in [3.63, 3.8) is 0 Å². The average Bonchev–Trinajstić information content (AvgIpc) is 3.13. The summed E-state index contributed by atoms with van der Waals surface area (Å²) in [6.45, 7) is 0. The van der Waals surface area contributed by atoms with Gasteiger partial charge in [0.1, 0.15) is 0 Å². The highest BCUT2D eigenvalue weighted by Gasteiger charge is 2.28.